The highest BCUT2D eigenvalue weighted by atomic mass is 19.1. The van der Waals surface area contributed by atoms with E-state index in [1.54, 1.807) is 31.8 Å². The van der Waals surface area contributed by atoms with E-state index in [2.05, 4.69) is 10.3 Å². The molecule has 1 heterocycles. The normalized spacial score (nSPS) is 10.8. The van der Waals surface area contributed by atoms with Gasteiger partial charge in [0.2, 0.25) is 0 Å². The maximum atomic E-state index is 13.6. The molecule has 1 N–H and O–H groups in total. The van der Waals surface area contributed by atoms with Gasteiger partial charge in [-0.05, 0) is 6.07 Å². The largest absolute Gasteiger partial charge is 0.383 e. The molecule has 0 radical (unpaired) electrons. The summed E-state index contributed by atoms with van der Waals surface area (Å²) >= 11 is 0. The number of imidazole rings is 1. The van der Waals surface area contributed by atoms with Gasteiger partial charge in [0.05, 0.1) is 25.2 Å². The number of nitrogens with one attached hydrogen (secondary N) is 1. The van der Waals surface area contributed by atoms with Crippen LogP contribution in [0.1, 0.15) is 11.3 Å². The van der Waals surface area contributed by atoms with Crippen molar-refractivity contribution in [2.24, 2.45) is 0 Å². The van der Waals surface area contributed by atoms with Gasteiger partial charge in [-0.3, -0.25) is 0 Å². The molecule has 0 spiro atoms. The lowest BCUT2D eigenvalue weighted by molar-refractivity contribution is 0.199. The second kappa shape index (κ2) is 7.01. The molecule has 0 saturated heterocycles. The summed E-state index contributed by atoms with van der Waals surface area (Å²) in [4.78, 5) is 4.12. The molecule has 0 fully saturated rings. The van der Waals surface area contributed by atoms with E-state index in [1.807, 2.05) is 10.6 Å². The Labute approximate surface area is 112 Å². The highest BCUT2D eigenvalue weighted by Crippen LogP contribution is 2.10. The fourth-order valence-corrected chi connectivity index (χ4v) is 1.84. The average molecular weight is 263 g/mol. The Kier molecular flexibility index (Phi) is 5.06. The molecule has 0 aliphatic carbocycles. The molecule has 1 aromatic heterocycles. The lowest BCUT2D eigenvalue weighted by Gasteiger charge is -2.09. The molecule has 19 heavy (non-hydrogen) atoms. The van der Waals surface area contributed by atoms with E-state index in [0.29, 0.717) is 25.3 Å². The summed E-state index contributed by atoms with van der Waals surface area (Å²) in [6.07, 6.45) is 3.51. The van der Waals surface area contributed by atoms with Gasteiger partial charge in [0.25, 0.3) is 0 Å². The minimum Gasteiger partial charge on any atom is -0.383 e. The molecule has 0 aliphatic rings. The summed E-state index contributed by atoms with van der Waals surface area (Å²) in [5.74, 6) is -0.186. The molecule has 5 heteroatoms. The second-order valence-electron chi connectivity index (χ2n) is 4.27. The van der Waals surface area contributed by atoms with Gasteiger partial charge in [-0.2, -0.15) is 0 Å². The van der Waals surface area contributed by atoms with Crippen molar-refractivity contribution >= 4 is 0 Å². The van der Waals surface area contributed by atoms with Gasteiger partial charge in [0, 0.05) is 32.0 Å². The minimum absolute atomic E-state index is 0.186. The second-order valence-corrected chi connectivity index (χ2v) is 4.27. The number of halogens is 1. The molecule has 0 unspecified atom stereocenters. The van der Waals surface area contributed by atoms with E-state index in [9.17, 15) is 4.39 Å². The first kappa shape index (κ1) is 13.7. The van der Waals surface area contributed by atoms with E-state index in [4.69, 9.17) is 4.74 Å². The van der Waals surface area contributed by atoms with Crippen molar-refractivity contribution < 1.29 is 9.13 Å². The Morgan fingerprint density at radius 1 is 1.37 bits per heavy atom. The number of aromatic nitrogens is 2. The highest BCUT2D eigenvalue weighted by molar-refractivity contribution is 5.18. The maximum Gasteiger partial charge on any atom is 0.128 e. The number of benzene rings is 1. The van der Waals surface area contributed by atoms with Crippen LogP contribution >= 0.6 is 0 Å². The first-order valence-electron chi connectivity index (χ1n) is 6.23. The summed E-state index contributed by atoms with van der Waals surface area (Å²) in [5.41, 5.74) is 1.69. The smallest absolute Gasteiger partial charge is 0.128 e. The Balaban J connectivity index is 1.98. The van der Waals surface area contributed by atoms with E-state index >= 15 is 0 Å². The summed E-state index contributed by atoms with van der Waals surface area (Å²) in [6, 6.07) is 6.80. The lowest BCUT2D eigenvalue weighted by atomic mass is 10.2. The summed E-state index contributed by atoms with van der Waals surface area (Å²) in [5, 5.41) is 3.25. The summed E-state index contributed by atoms with van der Waals surface area (Å²) in [7, 11) is 1.67. The van der Waals surface area contributed by atoms with Crippen LogP contribution in [0.5, 0.6) is 0 Å². The van der Waals surface area contributed by atoms with Crippen LogP contribution in [0.25, 0.3) is 0 Å². The van der Waals surface area contributed by atoms with E-state index in [0.717, 1.165) is 12.2 Å². The monoisotopic (exact) mass is 263 g/mol. The van der Waals surface area contributed by atoms with E-state index in [1.165, 1.54) is 6.07 Å². The van der Waals surface area contributed by atoms with Crippen LogP contribution in [-0.4, -0.2) is 29.8 Å². The number of hydrogen-bond acceptors (Lipinski definition) is 3. The third-order valence-electron chi connectivity index (χ3n) is 2.89. The first-order valence-corrected chi connectivity index (χ1v) is 6.23. The fourth-order valence-electron chi connectivity index (χ4n) is 1.84. The van der Waals surface area contributed by atoms with Gasteiger partial charge < -0.3 is 14.6 Å². The molecule has 0 aliphatic heterocycles. The topological polar surface area (TPSA) is 39.1 Å². The highest BCUT2D eigenvalue weighted by Gasteiger charge is 2.05. The molecule has 2 rings (SSSR count). The standard InChI is InChI=1S/C14H18FN3O/c1-19-7-6-16-8-13-9-17-11-18(13)10-12-4-2-3-5-14(12)15/h2-5,9,11,16H,6-8,10H2,1H3. The number of ether oxygens (including phenoxy) is 1. The number of methoxy groups -OCH3 is 1. The molecule has 0 saturated carbocycles. The van der Waals surface area contributed by atoms with Crippen molar-refractivity contribution in [1.82, 2.24) is 14.9 Å². The molecule has 102 valence electrons. The van der Waals surface area contributed by atoms with E-state index < -0.39 is 0 Å². The van der Waals surface area contributed by atoms with Gasteiger partial charge in [0.15, 0.2) is 0 Å². The molecule has 2 aromatic rings. The Morgan fingerprint density at radius 3 is 3.00 bits per heavy atom. The van der Waals surface area contributed by atoms with Crippen molar-refractivity contribution in [3.63, 3.8) is 0 Å². The molecule has 0 bridgehead atoms. The quantitative estimate of drug-likeness (QED) is 0.774. The Hall–Kier alpha value is -1.72. The van der Waals surface area contributed by atoms with Crippen molar-refractivity contribution in [1.29, 1.82) is 0 Å². The van der Waals surface area contributed by atoms with Crippen molar-refractivity contribution in [2.45, 2.75) is 13.1 Å². The van der Waals surface area contributed by atoms with Crippen LogP contribution in [-0.2, 0) is 17.8 Å². The third kappa shape index (κ3) is 3.87. The van der Waals surface area contributed by atoms with Gasteiger partial charge >= 0.3 is 0 Å². The zero-order valence-corrected chi connectivity index (χ0v) is 11.0. The van der Waals surface area contributed by atoms with Gasteiger partial charge in [-0.25, -0.2) is 9.37 Å². The molecule has 0 atom stereocenters. The average Bonchev–Trinajstić information content (AvgIpc) is 2.85. The Morgan fingerprint density at radius 2 is 2.21 bits per heavy atom. The molecule has 0 amide bonds. The zero-order chi connectivity index (χ0) is 13.5. The maximum absolute atomic E-state index is 13.6. The van der Waals surface area contributed by atoms with Crippen LogP contribution in [0.15, 0.2) is 36.8 Å². The zero-order valence-electron chi connectivity index (χ0n) is 11.0. The first-order chi connectivity index (χ1) is 9.31. The molecular weight excluding hydrogens is 245 g/mol. The molecular formula is C14H18FN3O. The number of nitrogens with zero attached hydrogens (tertiary/aromatic N) is 2. The predicted molar refractivity (Wildman–Crippen MR) is 71.3 cm³/mol. The molecule has 1 aromatic carbocycles. The Bertz CT molecular complexity index is 513. The van der Waals surface area contributed by atoms with Crippen LogP contribution in [0.4, 0.5) is 4.39 Å². The van der Waals surface area contributed by atoms with Crippen molar-refractivity contribution in [3.05, 3.63) is 53.9 Å². The third-order valence-corrected chi connectivity index (χ3v) is 2.89. The fraction of sp³-hybridized carbons (Fsp3) is 0.357. The van der Waals surface area contributed by atoms with E-state index in [-0.39, 0.29) is 5.82 Å². The molecule has 4 nitrogen and oxygen atoms in total. The predicted octanol–water partition coefficient (Wildman–Crippen LogP) is 1.81. The summed E-state index contributed by atoms with van der Waals surface area (Å²) in [6.45, 7) is 2.63. The van der Waals surface area contributed by atoms with Gasteiger partial charge in [-0.15, -0.1) is 0 Å². The van der Waals surface area contributed by atoms with Crippen molar-refractivity contribution in [3.8, 4) is 0 Å². The van der Waals surface area contributed by atoms with Gasteiger partial charge in [0.1, 0.15) is 5.82 Å². The van der Waals surface area contributed by atoms with Crippen LogP contribution in [0, 0.1) is 5.82 Å². The minimum atomic E-state index is -0.186. The number of rotatable bonds is 7. The SMILES string of the molecule is COCCNCc1cncn1Cc1ccccc1F. The van der Waals surface area contributed by atoms with Crippen LogP contribution < -0.4 is 5.32 Å². The lowest BCUT2D eigenvalue weighted by Crippen LogP contribution is -2.20. The van der Waals surface area contributed by atoms with Crippen LogP contribution in [0.3, 0.4) is 0 Å². The summed E-state index contributed by atoms with van der Waals surface area (Å²) < 4.78 is 20.5. The van der Waals surface area contributed by atoms with Crippen LogP contribution in [0.2, 0.25) is 0 Å². The van der Waals surface area contributed by atoms with Crippen molar-refractivity contribution in [2.75, 3.05) is 20.3 Å². The van der Waals surface area contributed by atoms with Gasteiger partial charge in [-0.1, -0.05) is 18.2 Å². The number of hydrogen-bond donors (Lipinski definition) is 1.